The average molecular weight is 289 g/mol. The monoisotopic (exact) mass is 289 g/mol. The molecule has 0 unspecified atom stereocenters. The van der Waals surface area contributed by atoms with Crippen molar-refractivity contribution in [2.75, 3.05) is 27.4 Å². The van der Waals surface area contributed by atoms with Gasteiger partial charge in [0.2, 0.25) is 5.91 Å². The Morgan fingerprint density at radius 2 is 2.24 bits per heavy atom. The van der Waals surface area contributed by atoms with E-state index < -0.39 is 0 Å². The summed E-state index contributed by atoms with van der Waals surface area (Å²) in [5.74, 6) is 6.01. The molecule has 1 aromatic rings. The first kappa shape index (κ1) is 17.2. The molecule has 0 bridgehead atoms. The van der Waals surface area contributed by atoms with Crippen LogP contribution in [0.4, 0.5) is 0 Å². The van der Waals surface area contributed by atoms with E-state index in [1.165, 1.54) is 0 Å². The fraction of sp³-hybridized carbons (Fsp3) is 0.471. The Hall–Kier alpha value is -1.83. The van der Waals surface area contributed by atoms with Crippen LogP contribution in [0.1, 0.15) is 30.4 Å². The van der Waals surface area contributed by atoms with E-state index in [9.17, 15) is 4.79 Å². The predicted molar refractivity (Wildman–Crippen MR) is 82.6 cm³/mol. The molecule has 0 fully saturated rings. The van der Waals surface area contributed by atoms with Crippen LogP contribution in [0.15, 0.2) is 24.3 Å². The van der Waals surface area contributed by atoms with Crippen molar-refractivity contribution in [3.63, 3.8) is 0 Å². The molecule has 4 heteroatoms. The molecule has 0 saturated carbocycles. The first-order chi connectivity index (χ1) is 10.2. The second-order valence-corrected chi connectivity index (χ2v) is 4.82. The van der Waals surface area contributed by atoms with E-state index in [-0.39, 0.29) is 12.5 Å². The zero-order chi connectivity index (χ0) is 15.5. The Balaban J connectivity index is 2.56. The molecule has 0 aromatic heterocycles. The summed E-state index contributed by atoms with van der Waals surface area (Å²) in [5.41, 5.74) is 1.95. The van der Waals surface area contributed by atoms with Crippen molar-refractivity contribution in [3.8, 4) is 11.8 Å². The van der Waals surface area contributed by atoms with E-state index in [0.717, 1.165) is 17.5 Å². The van der Waals surface area contributed by atoms with Crippen LogP contribution in [0.2, 0.25) is 0 Å². The first-order valence-corrected chi connectivity index (χ1v) is 7.09. The summed E-state index contributed by atoms with van der Waals surface area (Å²) in [6, 6.07) is 7.81. The standard InChI is InChI=1S/C17H23NO3/c1-18(17(20)10-6-12-21-2)14-16-9-5-8-15(13-16)7-3-4-11-19/h5,8-9,13,19H,4,6,10-12,14H2,1-2H3. The number of methoxy groups -OCH3 is 1. The smallest absolute Gasteiger partial charge is 0.222 e. The van der Waals surface area contributed by atoms with Gasteiger partial charge in [0.25, 0.3) is 0 Å². The fourth-order valence-corrected chi connectivity index (χ4v) is 1.89. The van der Waals surface area contributed by atoms with Gasteiger partial charge in [-0.25, -0.2) is 0 Å². The number of benzene rings is 1. The van der Waals surface area contributed by atoms with E-state index in [0.29, 0.717) is 26.0 Å². The highest BCUT2D eigenvalue weighted by molar-refractivity contribution is 5.75. The van der Waals surface area contributed by atoms with Crippen molar-refractivity contribution in [1.82, 2.24) is 4.90 Å². The van der Waals surface area contributed by atoms with Gasteiger partial charge in [-0.15, -0.1) is 0 Å². The third kappa shape index (κ3) is 6.94. The number of hydrogen-bond donors (Lipinski definition) is 1. The lowest BCUT2D eigenvalue weighted by Crippen LogP contribution is -2.26. The molecule has 21 heavy (non-hydrogen) atoms. The van der Waals surface area contributed by atoms with Gasteiger partial charge in [0.15, 0.2) is 0 Å². The van der Waals surface area contributed by atoms with Crippen LogP contribution >= 0.6 is 0 Å². The number of aliphatic hydroxyl groups is 1. The van der Waals surface area contributed by atoms with Gasteiger partial charge in [-0.2, -0.15) is 0 Å². The zero-order valence-corrected chi connectivity index (χ0v) is 12.8. The summed E-state index contributed by atoms with van der Waals surface area (Å²) >= 11 is 0. The molecule has 0 radical (unpaired) electrons. The zero-order valence-electron chi connectivity index (χ0n) is 12.8. The quantitative estimate of drug-likeness (QED) is 0.615. The molecule has 0 saturated heterocycles. The van der Waals surface area contributed by atoms with E-state index >= 15 is 0 Å². The number of carbonyl (C=O) groups is 1. The molecule has 0 atom stereocenters. The highest BCUT2D eigenvalue weighted by Crippen LogP contribution is 2.08. The molecular weight excluding hydrogens is 266 g/mol. The minimum absolute atomic E-state index is 0.0748. The maximum atomic E-state index is 11.9. The van der Waals surface area contributed by atoms with Gasteiger partial charge in [-0.3, -0.25) is 4.79 Å². The lowest BCUT2D eigenvalue weighted by molar-refractivity contribution is -0.130. The SMILES string of the molecule is COCCCC(=O)N(C)Cc1cccc(C#CCCO)c1. The maximum absolute atomic E-state index is 11.9. The largest absolute Gasteiger partial charge is 0.395 e. The molecule has 0 heterocycles. The van der Waals surface area contributed by atoms with E-state index in [1.54, 1.807) is 19.1 Å². The summed E-state index contributed by atoms with van der Waals surface area (Å²) in [5, 5.41) is 8.71. The minimum Gasteiger partial charge on any atom is -0.395 e. The minimum atomic E-state index is 0.0748. The summed E-state index contributed by atoms with van der Waals surface area (Å²) in [6.45, 7) is 1.25. The molecule has 0 spiro atoms. The van der Waals surface area contributed by atoms with Gasteiger partial charge in [0, 0.05) is 45.7 Å². The third-order valence-electron chi connectivity index (χ3n) is 2.98. The highest BCUT2D eigenvalue weighted by atomic mass is 16.5. The first-order valence-electron chi connectivity index (χ1n) is 7.09. The van der Waals surface area contributed by atoms with Crippen molar-refractivity contribution in [3.05, 3.63) is 35.4 Å². The number of aliphatic hydroxyl groups excluding tert-OH is 1. The predicted octanol–water partition coefficient (Wildman–Crippen LogP) is 1.81. The Morgan fingerprint density at radius 3 is 2.95 bits per heavy atom. The van der Waals surface area contributed by atoms with Gasteiger partial charge in [-0.1, -0.05) is 24.0 Å². The van der Waals surface area contributed by atoms with E-state index in [1.807, 2.05) is 24.3 Å². The van der Waals surface area contributed by atoms with Gasteiger partial charge in [-0.05, 0) is 24.1 Å². The molecule has 1 aromatic carbocycles. The van der Waals surface area contributed by atoms with E-state index in [2.05, 4.69) is 11.8 Å². The molecule has 1 N–H and O–H groups in total. The van der Waals surface area contributed by atoms with Crippen LogP contribution in [-0.2, 0) is 16.1 Å². The number of amides is 1. The van der Waals surface area contributed by atoms with Crippen molar-refractivity contribution in [2.45, 2.75) is 25.8 Å². The average Bonchev–Trinajstić information content (AvgIpc) is 2.48. The number of nitrogens with zero attached hydrogens (tertiary/aromatic N) is 1. The molecular formula is C17H23NO3. The van der Waals surface area contributed by atoms with Crippen LogP contribution in [0, 0.1) is 11.8 Å². The maximum Gasteiger partial charge on any atom is 0.222 e. The number of ether oxygens (including phenoxy) is 1. The molecule has 0 aliphatic rings. The van der Waals surface area contributed by atoms with Crippen molar-refractivity contribution < 1.29 is 14.6 Å². The van der Waals surface area contributed by atoms with E-state index in [4.69, 9.17) is 9.84 Å². The third-order valence-corrected chi connectivity index (χ3v) is 2.98. The lowest BCUT2D eigenvalue weighted by atomic mass is 10.1. The molecule has 1 amide bonds. The second-order valence-electron chi connectivity index (χ2n) is 4.82. The van der Waals surface area contributed by atoms with Crippen molar-refractivity contribution in [1.29, 1.82) is 0 Å². The molecule has 114 valence electrons. The molecule has 1 rings (SSSR count). The Labute approximate surface area is 126 Å². The lowest BCUT2D eigenvalue weighted by Gasteiger charge is -2.17. The van der Waals surface area contributed by atoms with Gasteiger partial charge in [0.1, 0.15) is 0 Å². The van der Waals surface area contributed by atoms with Crippen LogP contribution in [0.25, 0.3) is 0 Å². The number of hydrogen-bond acceptors (Lipinski definition) is 3. The summed E-state index contributed by atoms with van der Waals surface area (Å²) in [4.78, 5) is 13.7. The van der Waals surface area contributed by atoms with Crippen LogP contribution in [0.3, 0.4) is 0 Å². The van der Waals surface area contributed by atoms with Crippen LogP contribution in [-0.4, -0.2) is 43.3 Å². The number of carbonyl (C=O) groups excluding carboxylic acids is 1. The van der Waals surface area contributed by atoms with Crippen LogP contribution < -0.4 is 0 Å². The van der Waals surface area contributed by atoms with Crippen molar-refractivity contribution >= 4 is 5.91 Å². The van der Waals surface area contributed by atoms with Gasteiger partial charge < -0.3 is 14.7 Å². The normalized spacial score (nSPS) is 9.86. The Kier molecular flexibility index (Phi) is 8.18. The summed E-state index contributed by atoms with van der Waals surface area (Å²) in [7, 11) is 3.44. The topological polar surface area (TPSA) is 49.8 Å². The van der Waals surface area contributed by atoms with Crippen molar-refractivity contribution in [2.24, 2.45) is 0 Å². The molecule has 4 nitrogen and oxygen atoms in total. The van der Waals surface area contributed by atoms with Gasteiger partial charge in [0.05, 0.1) is 6.61 Å². The second kappa shape index (κ2) is 9.98. The Bertz CT molecular complexity index is 502. The summed E-state index contributed by atoms with van der Waals surface area (Å²) < 4.78 is 4.95. The summed E-state index contributed by atoms with van der Waals surface area (Å²) in [6.07, 6.45) is 1.72. The molecule has 0 aliphatic carbocycles. The highest BCUT2D eigenvalue weighted by Gasteiger charge is 2.08. The van der Waals surface area contributed by atoms with Crippen LogP contribution in [0.5, 0.6) is 0 Å². The Morgan fingerprint density at radius 1 is 1.43 bits per heavy atom. The fourth-order valence-electron chi connectivity index (χ4n) is 1.89. The van der Waals surface area contributed by atoms with Gasteiger partial charge >= 0.3 is 0 Å². The molecule has 0 aliphatic heterocycles. The number of rotatable bonds is 7.